The monoisotopic (exact) mass is 277 g/mol. The van der Waals surface area contributed by atoms with Crippen molar-refractivity contribution in [2.24, 2.45) is 5.41 Å². The number of halogens is 1. The highest BCUT2D eigenvalue weighted by molar-refractivity contribution is 6.17. The van der Waals surface area contributed by atoms with Gasteiger partial charge in [-0.25, -0.2) is 4.79 Å². The van der Waals surface area contributed by atoms with Crippen LogP contribution in [0.15, 0.2) is 0 Å². The zero-order valence-electron chi connectivity index (χ0n) is 11.3. The molecule has 104 valence electrons. The molecule has 0 N–H and O–H groups in total. The molecular formula is C12H20ClNO4. The molecule has 0 aliphatic carbocycles. The van der Waals surface area contributed by atoms with E-state index in [4.69, 9.17) is 21.1 Å². The number of esters is 1. The van der Waals surface area contributed by atoms with Crippen LogP contribution in [0.1, 0.15) is 34.1 Å². The van der Waals surface area contributed by atoms with Crippen LogP contribution < -0.4 is 0 Å². The van der Waals surface area contributed by atoms with Crippen LogP contribution >= 0.6 is 11.6 Å². The standard InChI is InChI=1S/C12H20ClNO4/c1-11(2,3)18-10(16)14-6-5-12(4,7-14)9(15)17-8-13/h5-8H2,1-4H3. The molecule has 1 heterocycles. The van der Waals surface area contributed by atoms with Crippen molar-refractivity contribution in [3.63, 3.8) is 0 Å². The molecule has 1 aliphatic heterocycles. The van der Waals surface area contributed by atoms with Crippen molar-refractivity contribution < 1.29 is 19.1 Å². The Balaban J connectivity index is 2.60. The van der Waals surface area contributed by atoms with Crippen LogP contribution in [-0.4, -0.2) is 41.7 Å². The highest BCUT2D eigenvalue weighted by Crippen LogP contribution is 2.32. The van der Waals surface area contributed by atoms with Gasteiger partial charge in [0.2, 0.25) is 0 Å². The molecule has 5 nitrogen and oxygen atoms in total. The van der Waals surface area contributed by atoms with Gasteiger partial charge >= 0.3 is 12.1 Å². The second-order valence-corrected chi connectivity index (χ2v) is 5.97. The zero-order chi connectivity index (χ0) is 14.0. The van der Waals surface area contributed by atoms with Gasteiger partial charge in [0.25, 0.3) is 0 Å². The SMILES string of the molecule is CC(C)(C)OC(=O)N1CCC(C)(C(=O)OCCl)C1. The normalized spacial score (nSPS) is 23.9. The lowest BCUT2D eigenvalue weighted by Gasteiger charge is -2.26. The van der Waals surface area contributed by atoms with E-state index in [1.807, 2.05) is 20.8 Å². The van der Waals surface area contributed by atoms with E-state index in [-0.39, 0.29) is 12.0 Å². The van der Waals surface area contributed by atoms with Gasteiger partial charge in [0.05, 0.1) is 5.41 Å². The Kier molecular flexibility index (Phi) is 4.48. The topological polar surface area (TPSA) is 55.8 Å². The summed E-state index contributed by atoms with van der Waals surface area (Å²) >= 11 is 5.37. The molecule has 0 spiro atoms. The number of carbonyl (C=O) groups excluding carboxylic acids is 2. The third-order valence-corrected chi connectivity index (χ3v) is 2.91. The first-order valence-electron chi connectivity index (χ1n) is 5.89. The van der Waals surface area contributed by atoms with Gasteiger partial charge in [0, 0.05) is 13.1 Å². The van der Waals surface area contributed by atoms with Gasteiger partial charge < -0.3 is 14.4 Å². The molecule has 6 heteroatoms. The van der Waals surface area contributed by atoms with Gasteiger partial charge in [-0.15, -0.1) is 0 Å². The second kappa shape index (κ2) is 5.34. The summed E-state index contributed by atoms with van der Waals surface area (Å²) in [4.78, 5) is 25.1. The maximum Gasteiger partial charge on any atom is 0.410 e. The summed E-state index contributed by atoms with van der Waals surface area (Å²) in [6.07, 6.45) is 0.159. The summed E-state index contributed by atoms with van der Waals surface area (Å²) < 4.78 is 10.1. The fourth-order valence-electron chi connectivity index (χ4n) is 1.83. The molecule has 18 heavy (non-hydrogen) atoms. The molecule has 1 saturated heterocycles. The van der Waals surface area contributed by atoms with Crippen molar-refractivity contribution in [2.75, 3.05) is 19.2 Å². The van der Waals surface area contributed by atoms with Crippen LogP contribution in [0, 0.1) is 5.41 Å². The summed E-state index contributed by atoms with van der Waals surface area (Å²) in [5, 5.41) is 0. The Morgan fingerprint density at radius 3 is 2.50 bits per heavy atom. The fourth-order valence-corrected chi connectivity index (χ4v) is 1.93. The Morgan fingerprint density at radius 1 is 1.39 bits per heavy atom. The number of rotatable bonds is 2. The molecule has 0 saturated carbocycles. The molecule has 0 aromatic carbocycles. The number of nitrogens with zero attached hydrogens (tertiary/aromatic N) is 1. The number of hydrogen-bond acceptors (Lipinski definition) is 4. The van der Waals surface area contributed by atoms with Crippen molar-refractivity contribution in [1.82, 2.24) is 4.90 Å². The van der Waals surface area contributed by atoms with E-state index >= 15 is 0 Å². The number of hydrogen-bond donors (Lipinski definition) is 0. The van der Waals surface area contributed by atoms with Gasteiger partial charge in [-0.1, -0.05) is 11.6 Å². The minimum absolute atomic E-state index is 0.166. The Labute approximate surface area is 112 Å². The van der Waals surface area contributed by atoms with Gasteiger partial charge in [-0.2, -0.15) is 0 Å². The highest BCUT2D eigenvalue weighted by atomic mass is 35.5. The molecular weight excluding hydrogens is 258 g/mol. The van der Waals surface area contributed by atoms with Gasteiger partial charge in [-0.3, -0.25) is 4.79 Å². The Bertz CT molecular complexity index is 339. The maximum absolute atomic E-state index is 11.9. The molecule has 0 bridgehead atoms. The molecule has 1 unspecified atom stereocenters. The molecule has 0 aromatic rings. The predicted molar refractivity (Wildman–Crippen MR) is 67.3 cm³/mol. The molecule has 1 amide bonds. The Hall–Kier alpha value is -0.970. The summed E-state index contributed by atoms with van der Waals surface area (Å²) in [5.41, 5.74) is -1.22. The number of alkyl halides is 1. The molecule has 1 rings (SSSR count). The first kappa shape index (κ1) is 15.1. The third-order valence-electron chi connectivity index (χ3n) is 2.80. The summed E-state index contributed by atoms with van der Waals surface area (Å²) in [6, 6.07) is -0.166. The molecule has 1 fully saturated rings. The lowest BCUT2D eigenvalue weighted by molar-refractivity contribution is -0.151. The highest BCUT2D eigenvalue weighted by Gasteiger charge is 2.44. The minimum atomic E-state index is -0.689. The fraction of sp³-hybridized carbons (Fsp3) is 0.833. The molecule has 0 radical (unpaired) electrons. The van der Waals surface area contributed by atoms with E-state index in [0.29, 0.717) is 19.5 Å². The molecule has 0 aromatic heterocycles. The minimum Gasteiger partial charge on any atom is -0.449 e. The summed E-state index contributed by atoms with van der Waals surface area (Å²) in [7, 11) is 0. The molecule has 1 atom stereocenters. The number of amides is 1. The number of carbonyl (C=O) groups is 2. The van der Waals surface area contributed by atoms with E-state index in [1.165, 1.54) is 4.90 Å². The average molecular weight is 278 g/mol. The van der Waals surface area contributed by atoms with Crippen LogP contribution in [0.2, 0.25) is 0 Å². The van der Waals surface area contributed by atoms with Crippen LogP contribution in [0.25, 0.3) is 0 Å². The van der Waals surface area contributed by atoms with E-state index in [1.54, 1.807) is 6.92 Å². The van der Waals surface area contributed by atoms with Gasteiger partial charge in [-0.05, 0) is 34.1 Å². The van der Waals surface area contributed by atoms with Crippen molar-refractivity contribution in [2.45, 2.75) is 39.7 Å². The molecule has 1 aliphatic rings. The van der Waals surface area contributed by atoms with Crippen molar-refractivity contribution >= 4 is 23.7 Å². The van der Waals surface area contributed by atoms with E-state index in [2.05, 4.69) is 0 Å². The van der Waals surface area contributed by atoms with Crippen LogP contribution in [0.4, 0.5) is 4.79 Å². The van der Waals surface area contributed by atoms with Crippen molar-refractivity contribution in [1.29, 1.82) is 0 Å². The summed E-state index contributed by atoms with van der Waals surface area (Å²) in [6.45, 7) is 7.98. The number of ether oxygens (including phenoxy) is 2. The van der Waals surface area contributed by atoms with Gasteiger partial charge in [0.1, 0.15) is 5.60 Å². The van der Waals surface area contributed by atoms with Crippen LogP contribution in [-0.2, 0) is 14.3 Å². The van der Waals surface area contributed by atoms with E-state index in [0.717, 1.165) is 0 Å². The van der Waals surface area contributed by atoms with E-state index in [9.17, 15) is 9.59 Å². The predicted octanol–water partition coefficient (Wildman–Crippen LogP) is 2.37. The second-order valence-electron chi connectivity index (χ2n) is 5.75. The average Bonchev–Trinajstić information content (AvgIpc) is 2.60. The largest absolute Gasteiger partial charge is 0.449 e. The Morgan fingerprint density at radius 2 is 2.00 bits per heavy atom. The van der Waals surface area contributed by atoms with Gasteiger partial charge in [0.15, 0.2) is 6.07 Å². The first-order valence-corrected chi connectivity index (χ1v) is 6.42. The van der Waals surface area contributed by atoms with E-state index < -0.39 is 17.1 Å². The van der Waals surface area contributed by atoms with Crippen LogP contribution in [0.5, 0.6) is 0 Å². The quantitative estimate of drug-likeness (QED) is 0.574. The lowest BCUT2D eigenvalue weighted by Crippen LogP contribution is -2.38. The smallest absolute Gasteiger partial charge is 0.410 e. The van der Waals surface area contributed by atoms with Crippen molar-refractivity contribution in [3.05, 3.63) is 0 Å². The zero-order valence-corrected chi connectivity index (χ0v) is 12.0. The number of likely N-dealkylation sites (tertiary alicyclic amines) is 1. The first-order chi connectivity index (χ1) is 8.18. The lowest BCUT2D eigenvalue weighted by atomic mass is 9.90. The third kappa shape index (κ3) is 3.77. The summed E-state index contributed by atoms with van der Waals surface area (Å²) in [5.74, 6) is -0.372. The van der Waals surface area contributed by atoms with Crippen LogP contribution in [0.3, 0.4) is 0 Å². The maximum atomic E-state index is 11.9. The van der Waals surface area contributed by atoms with Crippen molar-refractivity contribution in [3.8, 4) is 0 Å².